The molecule has 0 bridgehead atoms. The van der Waals surface area contributed by atoms with Crippen LogP contribution in [0.2, 0.25) is 0 Å². The topological polar surface area (TPSA) is 108 Å². The van der Waals surface area contributed by atoms with E-state index in [0.717, 1.165) is 25.7 Å². The van der Waals surface area contributed by atoms with Crippen LogP contribution in [0.25, 0.3) is 22.3 Å². The molecule has 0 unspecified atom stereocenters. The lowest BCUT2D eigenvalue weighted by molar-refractivity contribution is 0.0947. The van der Waals surface area contributed by atoms with Gasteiger partial charge in [0.2, 0.25) is 0 Å². The fraction of sp³-hybridized carbons (Fsp3) is 0.280. The second kappa shape index (κ2) is 9.09. The molecule has 0 aliphatic heterocycles. The standard InChI is InChI=1S/C25H25FN6O2/c1-34-20-9-5-4-8-18(20)25(33)28-13-16-11-10-15(12-19(16)26)22-21-23(27)29-14-30-24(21)32(31-22)17-6-2-3-7-17/h4-5,8-12,14,17H,2-3,6-7,13H2,1H3,(H,28,33)(H2,27,29,30). The molecule has 1 aliphatic carbocycles. The number of nitrogens with zero attached hydrogens (tertiary/aromatic N) is 4. The van der Waals surface area contributed by atoms with Gasteiger partial charge in [0.25, 0.3) is 5.91 Å². The summed E-state index contributed by atoms with van der Waals surface area (Å²) < 4.78 is 22.2. The lowest BCUT2D eigenvalue weighted by Crippen LogP contribution is -2.23. The normalized spacial score (nSPS) is 13.9. The van der Waals surface area contributed by atoms with Crippen molar-refractivity contribution in [2.24, 2.45) is 0 Å². The Hall–Kier alpha value is -4.01. The summed E-state index contributed by atoms with van der Waals surface area (Å²) in [5, 5.41) is 8.17. The number of rotatable bonds is 6. The Morgan fingerprint density at radius 2 is 2.00 bits per heavy atom. The highest BCUT2D eigenvalue weighted by molar-refractivity contribution is 5.98. The third kappa shape index (κ3) is 3.93. The number of nitrogens with one attached hydrogen (secondary N) is 1. The Kier molecular flexibility index (Phi) is 5.83. The van der Waals surface area contributed by atoms with Gasteiger partial charge in [0.15, 0.2) is 5.65 Å². The van der Waals surface area contributed by atoms with E-state index in [0.29, 0.717) is 45.0 Å². The van der Waals surface area contributed by atoms with Crippen LogP contribution < -0.4 is 15.8 Å². The first-order valence-electron chi connectivity index (χ1n) is 11.3. The average molecular weight is 461 g/mol. The number of amides is 1. The van der Waals surface area contributed by atoms with E-state index in [1.807, 2.05) is 4.68 Å². The van der Waals surface area contributed by atoms with Crippen molar-refractivity contribution < 1.29 is 13.9 Å². The number of benzene rings is 2. The summed E-state index contributed by atoms with van der Waals surface area (Å²) in [4.78, 5) is 21.1. The van der Waals surface area contributed by atoms with E-state index in [4.69, 9.17) is 15.6 Å². The van der Waals surface area contributed by atoms with Gasteiger partial charge in [0, 0.05) is 17.7 Å². The third-order valence-electron chi connectivity index (χ3n) is 6.31. The predicted octanol–water partition coefficient (Wildman–Crippen LogP) is 4.27. The van der Waals surface area contributed by atoms with Crippen molar-refractivity contribution >= 4 is 22.8 Å². The Bertz CT molecular complexity index is 1360. The van der Waals surface area contributed by atoms with E-state index in [2.05, 4.69) is 15.3 Å². The summed E-state index contributed by atoms with van der Waals surface area (Å²) in [6.07, 6.45) is 5.78. The van der Waals surface area contributed by atoms with Gasteiger partial charge < -0.3 is 15.8 Å². The van der Waals surface area contributed by atoms with Gasteiger partial charge in [0.1, 0.15) is 29.4 Å². The van der Waals surface area contributed by atoms with Gasteiger partial charge in [-0.3, -0.25) is 4.79 Å². The van der Waals surface area contributed by atoms with Crippen LogP contribution in [0.1, 0.15) is 47.6 Å². The van der Waals surface area contributed by atoms with Crippen LogP contribution in [-0.2, 0) is 6.54 Å². The molecule has 0 spiro atoms. The van der Waals surface area contributed by atoms with Crippen LogP contribution in [0.3, 0.4) is 0 Å². The first kappa shape index (κ1) is 21.8. The monoisotopic (exact) mass is 460 g/mol. The van der Waals surface area contributed by atoms with E-state index in [1.54, 1.807) is 36.4 Å². The maximum atomic E-state index is 15.1. The highest BCUT2D eigenvalue weighted by Crippen LogP contribution is 2.36. The van der Waals surface area contributed by atoms with Crippen molar-refractivity contribution in [3.63, 3.8) is 0 Å². The zero-order chi connectivity index (χ0) is 23.7. The van der Waals surface area contributed by atoms with Gasteiger partial charge in [-0.15, -0.1) is 0 Å². The molecule has 2 aromatic heterocycles. The number of nitrogen functional groups attached to an aromatic ring is 1. The number of carbonyl (C=O) groups excluding carboxylic acids is 1. The molecule has 5 rings (SSSR count). The minimum Gasteiger partial charge on any atom is -0.496 e. The Morgan fingerprint density at radius 1 is 1.21 bits per heavy atom. The number of carbonyl (C=O) groups is 1. The number of anilines is 1. The molecule has 174 valence electrons. The van der Waals surface area contributed by atoms with Crippen LogP contribution in [-0.4, -0.2) is 32.8 Å². The van der Waals surface area contributed by atoms with Crippen molar-refractivity contribution in [1.29, 1.82) is 0 Å². The fourth-order valence-electron chi connectivity index (χ4n) is 4.54. The van der Waals surface area contributed by atoms with Gasteiger partial charge in [-0.1, -0.05) is 37.1 Å². The van der Waals surface area contributed by atoms with Crippen LogP contribution in [0.15, 0.2) is 48.8 Å². The molecule has 2 heterocycles. The molecule has 9 heteroatoms. The first-order valence-corrected chi connectivity index (χ1v) is 11.3. The molecule has 4 aromatic rings. The number of methoxy groups -OCH3 is 1. The maximum Gasteiger partial charge on any atom is 0.255 e. The van der Waals surface area contributed by atoms with Gasteiger partial charge >= 0.3 is 0 Å². The second-order valence-corrected chi connectivity index (χ2v) is 8.38. The number of hydrogen-bond acceptors (Lipinski definition) is 6. The van der Waals surface area contributed by atoms with E-state index >= 15 is 4.39 Å². The highest BCUT2D eigenvalue weighted by Gasteiger charge is 2.25. The minimum absolute atomic E-state index is 0.0332. The second-order valence-electron chi connectivity index (χ2n) is 8.38. The van der Waals surface area contributed by atoms with Crippen LogP contribution in [0.5, 0.6) is 5.75 Å². The van der Waals surface area contributed by atoms with Crippen molar-refractivity contribution in [2.45, 2.75) is 38.3 Å². The molecule has 0 saturated heterocycles. The Balaban J connectivity index is 1.42. The number of aromatic nitrogens is 4. The van der Waals surface area contributed by atoms with Gasteiger partial charge in [-0.2, -0.15) is 5.10 Å². The third-order valence-corrected chi connectivity index (χ3v) is 6.31. The average Bonchev–Trinajstić information content (AvgIpc) is 3.52. The van der Waals surface area contributed by atoms with Crippen LogP contribution in [0.4, 0.5) is 10.2 Å². The van der Waals surface area contributed by atoms with Crippen molar-refractivity contribution in [1.82, 2.24) is 25.1 Å². The summed E-state index contributed by atoms with van der Waals surface area (Å²) in [7, 11) is 1.50. The maximum absolute atomic E-state index is 15.1. The van der Waals surface area contributed by atoms with Crippen LogP contribution >= 0.6 is 0 Å². The lowest BCUT2D eigenvalue weighted by Gasteiger charge is -2.10. The van der Waals surface area contributed by atoms with E-state index < -0.39 is 5.82 Å². The van der Waals surface area contributed by atoms with Crippen molar-refractivity contribution in [3.05, 3.63) is 65.7 Å². The number of para-hydroxylation sites is 1. The number of ether oxygens (including phenoxy) is 1. The molecular weight excluding hydrogens is 435 g/mol. The van der Waals surface area contributed by atoms with Crippen molar-refractivity contribution in [3.8, 4) is 17.0 Å². The van der Waals surface area contributed by atoms with E-state index in [9.17, 15) is 4.79 Å². The number of nitrogens with two attached hydrogens (primary N) is 1. The first-order chi connectivity index (χ1) is 16.6. The Labute approximate surface area is 196 Å². The van der Waals surface area contributed by atoms with Gasteiger partial charge in [-0.25, -0.2) is 19.0 Å². The molecule has 34 heavy (non-hydrogen) atoms. The number of halogens is 1. The molecule has 2 aromatic carbocycles. The predicted molar refractivity (Wildman–Crippen MR) is 127 cm³/mol. The summed E-state index contributed by atoms with van der Waals surface area (Å²) in [5.74, 6) is -0.0119. The highest BCUT2D eigenvalue weighted by atomic mass is 19.1. The molecule has 8 nitrogen and oxygen atoms in total. The smallest absolute Gasteiger partial charge is 0.255 e. The largest absolute Gasteiger partial charge is 0.496 e. The quantitative estimate of drug-likeness (QED) is 0.445. The molecule has 1 aliphatic rings. The molecule has 1 amide bonds. The zero-order valence-corrected chi connectivity index (χ0v) is 18.8. The van der Waals surface area contributed by atoms with Gasteiger partial charge in [-0.05, 0) is 31.0 Å². The lowest BCUT2D eigenvalue weighted by atomic mass is 10.1. The SMILES string of the molecule is COc1ccccc1C(=O)NCc1ccc(-c2nn(C3CCCC3)c3ncnc(N)c23)cc1F. The van der Waals surface area contributed by atoms with Crippen molar-refractivity contribution in [2.75, 3.05) is 12.8 Å². The molecular formula is C25H25FN6O2. The Morgan fingerprint density at radius 3 is 2.76 bits per heavy atom. The molecule has 0 atom stereocenters. The summed E-state index contributed by atoms with van der Waals surface area (Å²) >= 11 is 0. The van der Waals surface area contributed by atoms with E-state index in [-0.39, 0.29) is 18.5 Å². The molecule has 1 fully saturated rings. The zero-order valence-electron chi connectivity index (χ0n) is 18.8. The molecule has 1 saturated carbocycles. The van der Waals surface area contributed by atoms with E-state index in [1.165, 1.54) is 19.5 Å². The summed E-state index contributed by atoms with van der Waals surface area (Å²) in [5.41, 5.74) is 8.74. The fourth-order valence-corrected chi connectivity index (χ4v) is 4.54. The number of hydrogen-bond donors (Lipinski definition) is 2. The van der Waals surface area contributed by atoms with Gasteiger partial charge in [0.05, 0.1) is 24.1 Å². The summed E-state index contributed by atoms with van der Waals surface area (Å²) in [6, 6.07) is 12.0. The molecule has 0 radical (unpaired) electrons. The minimum atomic E-state index is -0.447. The molecule has 3 N–H and O–H groups in total. The van der Waals surface area contributed by atoms with Crippen LogP contribution in [0, 0.1) is 5.82 Å². The number of fused-ring (bicyclic) bond motifs is 1. The summed E-state index contributed by atoms with van der Waals surface area (Å²) in [6.45, 7) is 0.0332.